The molecule has 0 spiro atoms. The normalized spacial score (nSPS) is 22.7. The molecule has 0 aromatic heterocycles. The molecule has 118 valence electrons. The lowest BCUT2D eigenvalue weighted by Crippen LogP contribution is -2.27. The van der Waals surface area contributed by atoms with Crippen molar-refractivity contribution in [3.63, 3.8) is 0 Å². The minimum absolute atomic E-state index is 0.163. The number of para-hydroxylation sites is 1. The molecule has 2 rings (SSSR count). The maximum Gasteiger partial charge on any atom is 0.244 e. The van der Waals surface area contributed by atoms with Crippen LogP contribution in [0.1, 0.15) is 19.3 Å². The molecule has 21 heavy (non-hydrogen) atoms. The van der Waals surface area contributed by atoms with Crippen LogP contribution >= 0.6 is 11.8 Å². The molecule has 0 radical (unpaired) electrons. The quantitative estimate of drug-likeness (QED) is 0.810. The summed E-state index contributed by atoms with van der Waals surface area (Å²) in [6.45, 7) is 0. The van der Waals surface area contributed by atoms with Crippen molar-refractivity contribution in [3.8, 4) is 0 Å². The first-order valence-corrected chi connectivity index (χ1v) is 9.71. The molecule has 0 amide bonds. The molecule has 5 nitrogen and oxygen atoms in total. The maximum atomic E-state index is 12.3. The van der Waals surface area contributed by atoms with Crippen LogP contribution in [0.4, 0.5) is 11.4 Å². The average molecular weight is 329 g/mol. The van der Waals surface area contributed by atoms with Crippen LogP contribution in [0.3, 0.4) is 0 Å². The molecule has 0 saturated heterocycles. The molecule has 1 aliphatic carbocycles. The van der Waals surface area contributed by atoms with Crippen LogP contribution in [0.5, 0.6) is 0 Å². The Hall–Kier alpha value is -0.920. The first kappa shape index (κ1) is 16.5. The number of anilines is 2. The standard InChI is InChI=1S/C14H23N3O2S2/c1-17(2)21(18,19)13-9-5-7-11(14(13)15)16-10-6-4-8-12(10)20-3/h5,7,9-10,12,16H,4,6,8,15H2,1-3H3. The number of hydrogen-bond acceptors (Lipinski definition) is 5. The second-order valence-corrected chi connectivity index (χ2v) is 8.66. The van der Waals surface area contributed by atoms with Crippen LogP contribution in [0.15, 0.2) is 23.1 Å². The highest BCUT2D eigenvalue weighted by molar-refractivity contribution is 7.99. The predicted octanol–water partition coefficient (Wildman–Crippen LogP) is 2.22. The monoisotopic (exact) mass is 329 g/mol. The van der Waals surface area contributed by atoms with E-state index < -0.39 is 10.0 Å². The van der Waals surface area contributed by atoms with Gasteiger partial charge in [0, 0.05) is 25.4 Å². The molecular weight excluding hydrogens is 306 g/mol. The third kappa shape index (κ3) is 3.30. The highest BCUT2D eigenvalue weighted by Gasteiger charge is 2.28. The fraction of sp³-hybridized carbons (Fsp3) is 0.571. The fourth-order valence-electron chi connectivity index (χ4n) is 2.66. The lowest BCUT2D eigenvalue weighted by molar-refractivity contribution is 0.521. The van der Waals surface area contributed by atoms with E-state index in [4.69, 9.17) is 5.73 Å². The SMILES string of the molecule is CSC1CCCC1Nc1cccc(S(=O)(=O)N(C)C)c1N. The van der Waals surface area contributed by atoms with E-state index in [1.165, 1.54) is 31.2 Å². The lowest BCUT2D eigenvalue weighted by atomic mass is 10.2. The van der Waals surface area contributed by atoms with E-state index in [0.717, 1.165) is 6.42 Å². The lowest BCUT2D eigenvalue weighted by Gasteiger charge is -2.23. The minimum atomic E-state index is -3.52. The van der Waals surface area contributed by atoms with Crippen LogP contribution in [-0.4, -0.2) is 44.4 Å². The van der Waals surface area contributed by atoms with Gasteiger partial charge in [0.15, 0.2) is 0 Å². The van der Waals surface area contributed by atoms with Crippen molar-refractivity contribution < 1.29 is 8.42 Å². The van der Waals surface area contributed by atoms with E-state index >= 15 is 0 Å². The van der Waals surface area contributed by atoms with E-state index in [2.05, 4.69) is 11.6 Å². The van der Waals surface area contributed by atoms with Crippen LogP contribution in [0.2, 0.25) is 0 Å². The zero-order valence-corrected chi connectivity index (χ0v) is 14.3. The predicted molar refractivity (Wildman–Crippen MR) is 90.3 cm³/mol. The van der Waals surface area contributed by atoms with E-state index in [9.17, 15) is 8.42 Å². The first-order valence-electron chi connectivity index (χ1n) is 6.98. The van der Waals surface area contributed by atoms with Crippen molar-refractivity contribution in [2.24, 2.45) is 0 Å². The summed E-state index contributed by atoms with van der Waals surface area (Å²) in [6.07, 6.45) is 5.59. The summed E-state index contributed by atoms with van der Waals surface area (Å²) in [7, 11) is -0.501. The van der Waals surface area contributed by atoms with Gasteiger partial charge < -0.3 is 11.1 Å². The highest BCUT2D eigenvalue weighted by Crippen LogP contribution is 2.34. The summed E-state index contributed by atoms with van der Waals surface area (Å²) in [5, 5.41) is 3.99. The summed E-state index contributed by atoms with van der Waals surface area (Å²) >= 11 is 1.85. The number of sulfonamides is 1. The summed E-state index contributed by atoms with van der Waals surface area (Å²) in [5.74, 6) is 0. The van der Waals surface area contributed by atoms with Crippen molar-refractivity contribution in [2.75, 3.05) is 31.4 Å². The number of nitrogen functional groups attached to an aromatic ring is 1. The molecule has 2 atom stereocenters. The van der Waals surface area contributed by atoms with Crippen LogP contribution in [0.25, 0.3) is 0 Å². The number of thioether (sulfide) groups is 1. The van der Waals surface area contributed by atoms with E-state index in [0.29, 0.717) is 22.7 Å². The zero-order valence-electron chi connectivity index (χ0n) is 12.7. The number of nitrogens with zero attached hydrogens (tertiary/aromatic N) is 1. The summed E-state index contributed by atoms with van der Waals surface area (Å²) in [6, 6.07) is 5.48. The second-order valence-electron chi connectivity index (χ2n) is 5.46. The summed E-state index contributed by atoms with van der Waals surface area (Å²) in [5.41, 5.74) is 7.11. The fourth-order valence-corrected chi connectivity index (χ4v) is 4.63. The Morgan fingerprint density at radius 1 is 1.33 bits per heavy atom. The largest absolute Gasteiger partial charge is 0.396 e. The molecule has 0 bridgehead atoms. The van der Waals surface area contributed by atoms with Gasteiger partial charge in [-0.3, -0.25) is 0 Å². The molecule has 0 aliphatic heterocycles. The molecule has 1 fully saturated rings. The Labute approximate surface area is 131 Å². The molecular formula is C14H23N3O2S2. The Kier molecular flexibility index (Phi) is 5.06. The van der Waals surface area contributed by atoms with Crippen molar-refractivity contribution in [1.29, 1.82) is 0 Å². The molecule has 1 aromatic carbocycles. The van der Waals surface area contributed by atoms with Gasteiger partial charge in [0.25, 0.3) is 0 Å². The third-order valence-electron chi connectivity index (χ3n) is 3.92. The van der Waals surface area contributed by atoms with E-state index in [1.807, 2.05) is 17.8 Å². The average Bonchev–Trinajstić information content (AvgIpc) is 2.88. The number of nitrogens with two attached hydrogens (primary N) is 1. The molecule has 1 aromatic rings. The molecule has 3 N–H and O–H groups in total. The Balaban J connectivity index is 2.30. The molecule has 0 heterocycles. The van der Waals surface area contributed by atoms with Crippen molar-refractivity contribution >= 4 is 33.2 Å². The van der Waals surface area contributed by atoms with Gasteiger partial charge in [-0.05, 0) is 31.2 Å². The summed E-state index contributed by atoms with van der Waals surface area (Å²) in [4.78, 5) is 0.163. The van der Waals surface area contributed by atoms with Gasteiger partial charge in [-0.25, -0.2) is 12.7 Å². The Bertz CT molecular complexity index is 602. The van der Waals surface area contributed by atoms with Gasteiger partial charge in [0.2, 0.25) is 10.0 Å². The highest BCUT2D eigenvalue weighted by atomic mass is 32.2. The number of rotatable bonds is 5. The van der Waals surface area contributed by atoms with Gasteiger partial charge in [-0.15, -0.1) is 0 Å². The van der Waals surface area contributed by atoms with E-state index in [1.54, 1.807) is 12.1 Å². The zero-order chi connectivity index (χ0) is 15.6. The molecule has 1 saturated carbocycles. The Morgan fingerprint density at radius 3 is 2.67 bits per heavy atom. The second kappa shape index (κ2) is 6.46. The van der Waals surface area contributed by atoms with Crippen LogP contribution in [0, 0.1) is 0 Å². The third-order valence-corrected chi connectivity index (χ3v) is 6.96. The van der Waals surface area contributed by atoms with E-state index in [-0.39, 0.29) is 4.90 Å². The van der Waals surface area contributed by atoms with Gasteiger partial charge in [0.1, 0.15) is 4.90 Å². The van der Waals surface area contributed by atoms with Gasteiger partial charge >= 0.3 is 0 Å². The van der Waals surface area contributed by atoms with Crippen LogP contribution in [-0.2, 0) is 10.0 Å². The number of hydrogen-bond donors (Lipinski definition) is 2. The first-order chi connectivity index (χ1) is 9.87. The van der Waals surface area contributed by atoms with Gasteiger partial charge in [-0.2, -0.15) is 11.8 Å². The van der Waals surface area contributed by atoms with Crippen molar-refractivity contribution in [1.82, 2.24) is 4.31 Å². The van der Waals surface area contributed by atoms with Crippen LogP contribution < -0.4 is 11.1 Å². The van der Waals surface area contributed by atoms with Gasteiger partial charge in [0.05, 0.1) is 11.4 Å². The minimum Gasteiger partial charge on any atom is -0.396 e. The number of benzene rings is 1. The Morgan fingerprint density at radius 2 is 2.05 bits per heavy atom. The smallest absolute Gasteiger partial charge is 0.244 e. The molecule has 2 unspecified atom stereocenters. The number of nitrogens with one attached hydrogen (secondary N) is 1. The molecule has 7 heteroatoms. The van der Waals surface area contributed by atoms with Gasteiger partial charge in [-0.1, -0.05) is 12.5 Å². The molecule has 1 aliphatic rings. The van der Waals surface area contributed by atoms with Crippen molar-refractivity contribution in [2.45, 2.75) is 35.4 Å². The van der Waals surface area contributed by atoms with Crippen molar-refractivity contribution in [3.05, 3.63) is 18.2 Å². The maximum absolute atomic E-state index is 12.3. The summed E-state index contributed by atoms with van der Waals surface area (Å²) < 4.78 is 25.7. The topological polar surface area (TPSA) is 75.4 Å².